The molecule has 0 saturated heterocycles. The lowest BCUT2D eigenvalue weighted by Crippen LogP contribution is -1.95. The van der Waals surface area contributed by atoms with Crippen molar-refractivity contribution in [2.75, 3.05) is 12.0 Å². The van der Waals surface area contributed by atoms with E-state index in [1.807, 2.05) is 6.26 Å². The van der Waals surface area contributed by atoms with E-state index in [-0.39, 0.29) is 0 Å². The highest BCUT2D eigenvalue weighted by Crippen LogP contribution is 2.17. The maximum absolute atomic E-state index is 5.55. The maximum Gasteiger partial charge on any atom is 0.230 e. The number of hydrogen-bond donors (Lipinski definition) is 1. The molecule has 2 aromatic heterocycles. The molecule has 0 spiro atoms. The Morgan fingerprint density at radius 2 is 2.17 bits per heavy atom. The van der Waals surface area contributed by atoms with Crippen LogP contribution in [-0.2, 0) is 0 Å². The van der Waals surface area contributed by atoms with E-state index in [0.29, 0.717) is 22.1 Å². The molecule has 7 heteroatoms. The second kappa shape index (κ2) is 2.59. The highest BCUT2D eigenvalue weighted by molar-refractivity contribution is 7.98. The topological polar surface area (TPSA) is 90.7 Å². The van der Waals surface area contributed by atoms with E-state index in [9.17, 15) is 0 Å². The average molecular weight is 183 g/mol. The first kappa shape index (κ1) is 7.29. The molecule has 2 rings (SSSR count). The number of thioether (sulfide) groups is 1. The second-order valence-electron chi connectivity index (χ2n) is 2.03. The number of hydrogen-bond acceptors (Lipinski definition) is 7. The Balaban J connectivity index is 2.75. The SMILES string of the molecule is CSc1nc(N)c2nonc2n1. The minimum Gasteiger partial charge on any atom is -0.382 e. The first-order valence-corrected chi connectivity index (χ1v) is 4.33. The molecule has 0 aliphatic heterocycles. The van der Waals surface area contributed by atoms with Crippen LogP contribution in [0.3, 0.4) is 0 Å². The van der Waals surface area contributed by atoms with Gasteiger partial charge >= 0.3 is 0 Å². The highest BCUT2D eigenvalue weighted by atomic mass is 32.2. The standard InChI is InChI=1S/C5H5N5OS/c1-12-5-7-3(6)2-4(8-5)10-11-9-2/h1H3,(H2,6,7,8,10). The van der Waals surface area contributed by atoms with Gasteiger partial charge in [-0.1, -0.05) is 11.8 Å². The van der Waals surface area contributed by atoms with Gasteiger partial charge in [-0.3, -0.25) is 0 Å². The van der Waals surface area contributed by atoms with Gasteiger partial charge in [0.1, 0.15) is 0 Å². The molecule has 0 radical (unpaired) electrons. The molecule has 0 fully saturated rings. The van der Waals surface area contributed by atoms with Gasteiger partial charge in [0.05, 0.1) is 0 Å². The minimum absolute atomic E-state index is 0.297. The zero-order valence-electron chi connectivity index (χ0n) is 6.18. The van der Waals surface area contributed by atoms with Gasteiger partial charge < -0.3 is 5.73 Å². The summed E-state index contributed by atoms with van der Waals surface area (Å²) in [5.41, 5.74) is 6.36. The monoisotopic (exact) mass is 183 g/mol. The van der Waals surface area contributed by atoms with Gasteiger partial charge in [0.15, 0.2) is 16.5 Å². The van der Waals surface area contributed by atoms with Crippen LogP contribution in [0, 0.1) is 0 Å². The van der Waals surface area contributed by atoms with E-state index in [4.69, 9.17) is 5.73 Å². The first-order chi connectivity index (χ1) is 5.81. The zero-order valence-corrected chi connectivity index (χ0v) is 7.00. The number of nitrogens with zero attached hydrogens (tertiary/aromatic N) is 4. The Kier molecular flexibility index (Phi) is 1.58. The van der Waals surface area contributed by atoms with Crippen molar-refractivity contribution in [1.29, 1.82) is 0 Å². The fourth-order valence-corrected chi connectivity index (χ4v) is 1.15. The molecule has 0 amide bonds. The largest absolute Gasteiger partial charge is 0.382 e. The first-order valence-electron chi connectivity index (χ1n) is 3.11. The maximum atomic E-state index is 5.55. The van der Waals surface area contributed by atoms with E-state index in [1.165, 1.54) is 11.8 Å². The summed E-state index contributed by atoms with van der Waals surface area (Å²) in [6.45, 7) is 0. The molecule has 0 unspecified atom stereocenters. The number of nitrogen functional groups attached to an aromatic ring is 1. The van der Waals surface area contributed by atoms with Gasteiger partial charge in [-0.25, -0.2) is 9.61 Å². The third kappa shape index (κ3) is 0.981. The summed E-state index contributed by atoms with van der Waals surface area (Å²) in [7, 11) is 0. The lowest BCUT2D eigenvalue weighted by atomic mass is 10.5. The molecule has 2 N–H and O–H groups in total. The Hall–Kier alpha value is -1.37. The summed E-state index contributed by atoms with van der Waals surface area (Å²) in [4.78, 5) is 7.98. The van der Waals surface area contributed by atoms with E-state index in [0.717, 1.165) is 0 Å². The molecular formula is C5H5N5OS. The summed E-state index contributed by atoms with van der Waals surface area (Å²) < 4.78 is 4.45. The summed E-state index contributed by atoms with van der Waals surface area (Å²) in [5, 5.41) is 7.67. The van der Waals surface area contributed by atoms with Gasteiger partial charge in [-0.05, 0) is 16.6 Å². The second-order valence-corrected chi connectivity index (χ2v) is 2.81. The van der Waals surface area contributed by atoms with Gasteiger partial charge in [0.2, 0.25) is 5.65 Å². The Bertz CT molecular complexity index is 413. The van der Waals surface area contributed by atoms with Crippen molar-refractivity contribution >= 4 is 28.7 Å². The lowest BCUT2D eigenvalue weighted by Gasteiger charge is -1.94. The zero-order chi connectivity index (χ0) is 8.55. The number of anilines is 1. The van der Waals surface area contributed by atoms with Gasteiger partial charge in [0, 0.05) is 0 Å². The molecule has 0 aliphatic carbocycles. The molecule has 0 bridgehead atoms. The predicted octanol–water partition coefficient (Wildman–Crippen LogP) is 0.317. The van der Waals surface area contributed by atoms with Crippen LogP contribution in [0.1, 0.15) is 0 Å². The van der Waals surface area contributed by atoms with E-state index < -0.39 is 0 Å². The Morgan fingerprint density at radius 1 is 1.33 bits per heavy atom. The van der Waals surface area contributed by atoms with Crippen LogP contribution in [0.15, 0.2) is 9.79 Å². The summed E-state index contributed by atoms with van der Waals surface area (Å²) >= 11 is 1.39. The summed E-state index contributed by atoms with van der Waals surface area (Å²) in [5.74, 6) is 0.297. The third-order valence-electron chi connectivity index (χ3n) is 1.31. The smallest absolute Gasteiger partial charge is 0.230 e. The van der Waals surface area contributed by atoms with Crippen molar-refractivity contribution in [2.24, 2.45) is 0 Å². The van der Waals surface area contributed by atoms with Crippen LogP contribution < -0.4 is 5.73 Å². The summed E-state index contributed by atoms with van der Waals surface area (Å²) in [6, 6.07) is 0. The van der Waals surface area contributed by atoms with Crippen LogP contribution in [0.25, 0.3) is 11.2 Å². The van der Waals surface area contributed by atoms with Gasteiger partial charge in [-0.15, -0.1) is 0 Å². The van der Waals surface area contributed by atoms with E-state index in [2.05, 4.69) is 24.9 Å². The summed E-state index contributed by atoms with van der Waals surface area (Å²) in [6.07, 6.45) is 1.86. The highest BCUT2D eigenvalue weighted by Gasteiger charge is 2.08. The number of fused-ring (bicyclic) bond motifs is 1. The van der Waals surface area contributed by atoms with Gasteiger partial charge in [0.25, 0.3) is 0 Å². The van der Waals surface area contributed by atoms with Crippen LogP contribution in [0.2, 0.25) is 0 Å². The van der Waals surface area contributed by atoms with Crippen LogP contribution in [0.4, 0.5) is 5.82 Å². The van der Waals surface area contributed by atoms with Crippen LogP contribution in [-0.4, -0.2) is 26.5 Å². The van der Waals surface area contributed by atoms with Crippen LogP contribution >= 0.6 is 11.8 Å². The van der Waals surface area contributed by atoms with Crippen LogP contribution in [0.5, 0.6) is 0 Å². The number of rotatable bonds is 1. The minimum atomic E-state index is 0.297. The van der Waals surface area contributed by atoms with E-state index in [1.54, 1.807) is 0 Å². The van der Waals surface area contributed by atoms with Crippen molar-refractivity contribution in [2.45, 2.75) is 5.16 Å². The normalized spacial score (nSPS) is 10.8. The third-order valence-corrected chi connectivity index (χ3v) is 1.86. The van der Waals surface area contributed by atoms with Gasteiger partial charge in [-0.2, -0.15) is 4.98 Å². The quantitative estimate of drug-likeness (QED) is 0.502. The fourth-order valence-electron chi connectivity index (χ4n) is 0.782. The Labute approximate surface area is 71.5 Å². The van der Waals surface area contributed by atoms with Crippen molar-refractivity contribution in [3.63, 3.8) is 0 Å². The predicted molar refractivity (Wildman–Crippen MR) is 43.6 cm³/mol. The molecule has 0 aromatic carbocycles. The average Bonchev–Trinajstić information content (AvgIpc) is 2.52. The molecule has 0 atom stereocenters. The molecule has 2 heterocycles. The molecule has 12 heavy (non-hydrogen) atoms. The van der Waals surface area contributed by atoms with Crippen molar-refractivity contribution in [3.8, 4) is 0 Å². The molecule has 0 aliphatic rings. The molecular weight excluding hydrogens is 178 g/mol. The van der Waals surface area contributed by atoms with Crippen molar-refractivity contribution < 1.29 is 4.63 Å². The number of nitrogens with two attached hydrogens (primary N) is 1. The lowest BCUT2D eigenvalue weighted by molar-refractivity contribution is 0.315. The van der Waals surface area contributed by atoms with Crippen molar-refractivity contribution in [1.82, 2.24) is 20.3 Å². The molecule has 6 nitrogen and oxygen atoms in total. The van der Waals surface area contributed by atoms with E-state index >= 15 is 0 Å². The molecule has 62 valence electrons. The Morgan fingerprint density at radius 3 is 2.92 bits per heavy atom. The van der Waals surface area contributed by atoms with Crippen molar-refractivity contribution in [3.05, 3.63) is 0 Å². The fraction of sp³-hybridized carbons (Fsp3) is 0.200. The number of aromatic nitrogens is 4. The molecule has 2 aromatic rings. The molecule has 0 saturated carbocycles.